The average Bonchev–Trinajstić information content (AvgIpc) is 2.52. The summed E-state index contributed by atoms with van der Waals surface area (Å²) in [5, 5.41) is 4.43. The third kappa shape index (κ3) is 2.49. The molecule has 7 nitrogen and oxygen atoms in total. The van der Waals surface area contributed by atoms with Crippen LogP contribution in [-0.2, 0) is 14.8 Å². The highest BCUT2D eigenvalue weighted by Gasteiger charge is 2.46. The summed E-state index contributed by atoms with van der Waals surface area (Å²) in [7, 11) is -3.52. The molecule has 3 amide bonds. The van der Waals surface area contributed by atoms with Gasteiger partial charge in [0.1, 0.15) is 5.54 Å². The van der Waals surface area contributed by atoms with Crippen LogP contribution in [0.25, 0.3) is 0 Å². The number of piperidine rings is 1. The molecule has 2 rings (SSSR count). The van der Waals surface area contributed by atoms with Gasteiger partial charge in [-0.15, -0.1) is 0 Å². The van der Waals surface area contributed by atoms with Crippen LogP contribution in [0, 0.1) is 0 Å². The molecule has 2 saturated heterocycles. The number of hydrogen-bond acceptors (Lipinski definition) is 4. The summed E-state index contributed by atoms with van der Waals surface area (Å²) in [6.07, 6.45) is 2.71. The molecule has 0 saturated carbocycles. The number of carbonyl (C=O) groups is 2. The molecular weight excluding hydrogens is 258 g/mol. The molecule has 2 N–H and O–H groups in total. The third-order valence-corrected chi connectivity index (χ3v) is 5.39. The van der Waals surface area contributed by atoms with Crippen LogP contribution in [0.4, 0.5) is 4.79 Å². The van der Waals surface area contributed by atoms with Crippen molar-refractivity contribution in [2.24, 2.45) is 0 Å². The minimum atomic E-state index is -3.52. The van der Waals surface area contributed by atoms with Crippen molar-refractivity contribution in [1.82, 2.24) is 14.9 Å². The first-order chi connectivity index (χ1) is 8.33. The largest absolute Gasteiger partial charge is 0.322 e. The molecule has 2 aliphatic rings. The molecule has 0 unspecified atom stereocenters. The summed E-state index contributed by atoms with van der Waals surface area (Å²) in [6.45, 7) is 2.41. The lowest BCUT2D eigenvalue weighted by molar-refractivity contribution is -0.122. The van der Waals surface area contributed by atoms with Gasteiger partial charge in [-0.3, -0.25) is 10.1 Å². The lowest BCUT2D eigenvalue weighted by Gasteiger charge is -2.29. The molecular formula is C10H17N3O4S. The number of nitrogens with zero attached hydrogens (tertiary/aromatic N) is 1. The number of amides is 3. The van der Waals surface area contributed by atoms with Crippen LogP contribution in [0.3, 0.4) is 0 Å². The van der Waals surface area contributed by atoms with Crippen molar-refractivity contribution in [2.45, 2.75) is 31.7 Å². The van der Waals surface area contributed by atoms with Crippen molar-refractivity contribution in [2.75, 3.05) is 18.8 Å². The van der Waals surface area contributed by atoms with E-state index in [9.17, 15) is 18.0 Å². The van der Waals surface area contributed by atoms with E-state index in [2.05, 4.69) is 10.6 Å². The third-order valence-electron chi connectivity index (χ3n) is 3.30. The molecule has 0 aromatic heterocycles. The van der Waals surface area contributed by atoms with E-state index in [0.29, 0.717) is 13.1 Å². The Labute approximate surface area is 106 Å². The summed E-state index contributed by atoms with van der Waals surface area (Å²) in [5.74, 6) is -0.981. The van der Waals surface area contributed by atoms with E-state index in [4.69, 9.17) is 0 Å². The fourth-order valence-corrected chi connectivity index (χ4v) is 4.21. The predicted molar refractivity (Wildman–Crippen MR) is 64.3 cm³/mol. The topological polar surface area (TPSA) is 95.6 Å². The Balaban J connectivity index is 2.12. The van der Waals surface area contributed by atoms with Crippen LogP contribution in [0.2, 0.25) is 0 Å². The molecule has 0 aromatic carbocycles. The van der Waals surface area contributed by atoms with E-state index in [-0.39, 0.29) is 0 Å². The molecule has 0 aliphatic carbocycles. The fraction of sp³-hybridized carbons (Fsp3) is 0.800. The maximum atomic E-state index is 12.2. The molecule has 0 bridgehead atoms. The summed E-state index contributed by atoms with van der Waals surface area (Å²) in [4.78, 5) is 22.7. The van der Waals surface area contributed by atoms with Gasteiger partial charge in [0.2, 0.25) is 10.0 Å². The molecule has 1 atom stereocenters. The number of sulfonamides is 1. The SMILES string of the molecule is C[C@]1(CS(=O)(=O)N2CCCCC2)NC(=O)NC1=O. The Bertz CT molecular complexity index is 470. The summed E-state index contributed by atoms with van der Waals surface area (Å²) in [6, 6.07) is -0.642. The number of imide groups is 1. The monoisotopic (exact) mass is 275 g/mol. The minimum absolute atomic E-state index is 0.391. The first-order valence-corrected chi connectivity index (χ1v) is 7.56. The standard InChI is InChI=1S/C10H17N3O4S/c1-10(8(14)11-9(15)12-10)7-18(16,17)13-5-3-2-4-6-13/h2-7H2,1H3,(H2,11,12,14,15)/t10-/m1/s1. The minimum Gasteiger partial charge on any atom is -0.322 e. The molecule has 102 valence electrons. The van der Waals surface area contributed by atoms with Crippen molar-refractivity contribution in [1.29, 1.82) is 0 Å². The second-order valence-electron chi connectivity index (χ2n) is 4.96. The smallest absolute Gasteiger partial charge is 0.322 e. The van der Waals surface area contributed by atoms with Crippen LogP contribution in [-0.4, -0.2) is 49.0 Å². The van der Waals surface area contributed by atoms with E-state index in [1.54, 1.807) is 0 Å². The maximum absolute atomic E-state index is 12.2. The molecule has 0 radical (unpaired) electrons. The highest BCUT2D eigenvalue weighted by molar-refractivity contribution is 7.89. The lowest BCUT2D eigenvalue weighted by atomic mass is 10.1. The first-order valence-electron chi connectivity index (χ1n) is 5.95. The van der Waals surface area contributed by atoms with E-state index in [1.165, 1.54) is 11.2 Å². The zero-order valence-electron chi connectivity index (χ0n) is 10.2. The number of carbonyl (C=O) groups excluding carboxylic acids is 2. The zero-order chi connectivity index (χ0) is 13.4. The first kappa shape index (κ1) is 13.3. The molecule has 8 heteroatoms. The van der Waals surface area contributed by atoms with Crippen LogP contribution in [0.15, 0.2) is 0 Å². The van der Waals surface area contributed by atoms with Crippen molar-refractivity contribution in [3.63, 3.8) is 0 Å². The van der Waals surface area contributed by atoms with Gasteiger partial charge in [0.25, 0.3) is 5.91 Å². The molecule has 2 aliphatic heterocycles. The second kappa shape index (κ2) is 4.51. The van der Waals surface area contributed by atoms with Gasteiger partial charge >= 0.3 is 6.03 Å². The summed E-state index contributed by atoms with van der Waals surface area (Å²) >= 11 is 0. The van der Waals surface area contributed by atoms with Gasteiger partial charge in [-0.2, -0.15) is 0 Å². The van der Waals surface area contributed by atoms with Crippen molar-refractivity contribution < 1.29 is 18.0 Å². The number of rotatable bonds is 3. The van der Waals surface area contributed by atoms with Crippen molar-refractivity contribution >= 4 is 22.0 Å². The van der Waals surface area contributed by atoms with E-state index >= 15 is 0 Å². The average molecular weight is 275 g/mol. The van der Waals surface area contributed by atoms with Gasteiger partial charge < -0.3 is 5.32 Å². The van der Waals surface area contributed by atoms with Gasteiger partial charge in [-0.05, 0) is 19.8 Å². The number of urea groups is 1. The molecule has 0 spiro atoms. The molecule has 0 aromatic rings. The number of nitrogens with one attached hydrogen (secondary N) is 2. The van der Waals surface area contributed by atoms with Crippen LogP contribution in [0.1, 0.15) is 26.2 Å². The quantitative estimate of drug-likeness (QED) is 0.672. The summed E-state index contributed by atoms with van der Waals surface area (Å²) < 4.78 is 25.8. The molecule has 2 fully saturated rings. The Morgan fingerprint density at radius 1 is 1.22 bits per heavy atom. The van der Waals surface area contributed by atoms with Gasteiger partial charge in [-0.1, -0.05) is 6.42 Å². The Morgan fingerprint density at radius 3 is 2.33 bits per heavy atom. The highest BCUT2D eigenvalue weighted by Crippen LogP contribution is 2.19. The van der Waals surface area contributed by atoms with Gasteiger partial charge in [-0.25, -0.2) is 17.5 Å². The van der Waals surface area contributed by atoms with E-state index in [1.807, 2.05) is 0 Å². The fourth-order valence-electron chi connectivity index (χ4n) is 2.28. The maximum Gasteiger partial charge on any atom is 0.322 e. The van der Waals surface area contributed by atoms with Gasteiger partial charge in [0.15, 0.2) is 0 Å². The molecule has 18 heavy (non-hydrogen) atoms. The van der Waals surface area contributed by atoms with Crippen molar-refractivity contribution in [3.8, 4) is 0 Å². The van der Waals surface area contributed by atoms with Gasteiger partial charge in [0, 0.05) is 13.1 Å². The Kier molecular flexibility index (Phi) is 3.33. The van der Waals surface area contributed by atoms with E-state index in [0.717, 1.165) is 19.3 Å². The van der Waals surface area contributed by atoms with Gasteiger partial charge in [0.05, 0.1) is 5.75 Å². The lowest BCUT2D eigenvalue weighted by Crippen LogP contribution is -2.53. The number of hydrogen-bond donors (Lipinski definition) is 2. The predicted octanol–water partition coefficient (Wildman–Crippen LogP) is -0.600. The Morgan fingerprint density at radius 2 is 1.83 bits per heavy atom. The molecule has 2 heterocycles. The van der Waals surface area contributed by atoms with Crippen LogP contribution in [0.5, 0.6) is 0 Å². The summed E-state index contributed by atoms with van der Waals surface area (Å²) in [5.41, 5.74) is -1.37. The Hall–Kier alpha value is -1.15. The van der Waals surface area contributed by atoms with Crippen molar-refractivity contribution in [3.05, 3.63) is 0 Å². The van der Waals surface area contributed by atoms with Crippen LogP contribution < -0.4 is 10.6 Å². The zero-order valence-corrected chi connectivity index (χ0v) is 11.0. The van der Waals surface area contributed by atoms with Crippen LogP contribution >= 0.6 is 0 Å². The highest BCUT2D eigenvalue weighted by atomic mass is 32.2. The normalized spacial score (nSPS) is 30.1. The van der Waals surface area contributed by atoms with E-state index < -0.39 is 33.3 Å². The second-order valence-corrected chi connectivity index (χ2v) is 6.93.